The topological polar surface area (TPSA) is 55.8 Å². The number of carbonyl (C=O) groups is 1. The van der Waals surface area contributed by atoms with Crippen molar-refractivity contribution in [1.29, 1.82) is 0 Å². The second-order valence-corrected chi connectivity index (χ2v) is 5.22. The molecule has 2 atom stereocenters. The zero-order chi connectivity index (χ0) is 10.9. The van der Waals surface area contributed by atoms with E-state index in [-0.39, 0.29) is 12.6 Å². The third-order valence-electron chi connectivity index (χ3n) is 1.54. The summed E-state index contributed by atoms with van der Waals surface area (Å²) in [6.45, 7) is 7.32. The van der Waals surface area contributed by atoms with Crippen molar-refractivity contribution in [2.45, 2.75) is 39.3 Å². The monoisotopic (exact) mass is 221 g/mol. The van der Waals surface area contributed by atoms with Crippen molar-refractivity contribution in [1.82, 2.24) is 4.31 Å². The van der Waals surface area contributed by atoms with Crippen LogP contribution >= 0.6 is 0 Å². The molecule has 1 saturated heterocycles. The molecule has 1 amide bonds. The van der Waals surface area contributed by atoms with Gasteiger partial charge in [-0.2, -0.15) is 4.31 Å². The first kappa shape index (κ1) is 11.5. The molecule has 1 aliphatic heterocycles. The summed E-state index contributed by atoms with van der Waals surface area (Å²) in [6.07, 6.45) is -0.596. The SMILES string of the molecule is CC1CO[S@](=O)N1C(=O)OC(C)(C)C. The molecule has 0 aromatic heterocycles. The van der Waals surface area contributed by atoms with E-state index in [0.717, 1.165) is 4.31 Å². The summed E-state index contributed by atoms with van der Waals surface area (Å²) >= 11 is -1.70. The predicted octanol–water partition coefficient (Wildman–Crippen LogP) is 1.22. The first-order valence-electron chi connectivity index (χ1n) is 4.38. The van der Waals surface area contributed by atoms with Gasteiger partial charge in [0.1, 0.15) is 5.60 Å². The molecule has 0 aliphatic carbocycles. The Morgan fingerprint density at radius 2 is 2.14 bits per heavy atom. The van der Waals surface area contributed by atoms with Gasteiger partial charge in [0.05, 0.1) is 12.6 Å². The van der Waals surface area contributed by atoms with E-state index in [2.05, 4.69) is 0 Å². The molecular formula is C8H15NO4S. The molecule has 1 fully saturated rings. The van der Waals surface area contributed by atoms with Gasteiger partial charge in [-0.15, -0.1) is 0 Å². The highest BCUT2D eigenvalue weighted by Crippen LogP contribution is 2.18. The number of nitrogens with zero attached hydrogens (tertiary/aromatic N) is 1. The van der Waals surface area contributed by atoms with Crippen LogP contribution in [0.25, 0.3) is 0 Å². The normalized spacial score (nSPS) is 27.9. The maximum atomic E-state index is 11.5. The molecule has 6 heteroatoms. The Bertz CT molecular complexity index is 261. The van der Waals surface area contributed by atoms with Crippen LogP contribution in [-0.2, 0) is 20.2 Å². The van der Waals surface area contributed by atoms with Gasteiger partial charge in [0.2, 0.25) is 0 Å². The van der Waals surface area contributed by atoms with Gasteiger partial charge in [-0.05, 0) is 27.7 Å². The standard InChI is InChI=1S/C8H15NO4S/c1-6-5-12-14(11)9(6)7(10)13-8(2,3)4/h6H,5H2,1-4H3/t6?,14-/m0/s1. The zero-order valence-electron chi connectivity index (χ0n) is 8.77. The van der Waals surface area contributed by atoms with Crippen LogP contribution in [0.4, 0.5) is 4.79 Å². The molecule has 0 aromatic rings. The van der Waals surface area contributed by atoms with E-state index in [1.54, 1.807) is 27.7 Å². The van der Waals surface area contributed by atoms with Gasteiger partial charge in [-0.1, -0.05) is 0 Å². The van der Waals surface area contributed by atoms with Gasteiger partial charge >= 0.3 is 6.09 Å². The van der Waals surface area contributed by atoms with Gasteiger partial charge in [-0.25, -0.2) is 9.00 Å². The van der Waals surface area contributed by atoms with Crippen LogP contribution in [0.1, 0.15) is 27.7 Å². The summed E-state index contributed by atoms with van der Waals surface area (Å²) in [6, 6.07) is -0.203. The molecule has 0 bridgehead atoms. The lowest BCUT2D eigenvalue weighted by atomic mass is 10.2. The van der Waals surface area contributed by atoms with Crippen LogP contribution in [0.15, 0.2) is 0 Å². The fourth-order valence-electron chi connectivity index (χ4n) is 0.976. The Morgan fingerprint density at radius 3 is 2.50 bits per heavy atom. The minimum atomic E-state index is -1.70. The Hall–Kier alpha value is -0.620. The molecule has 82 valence electrons. The smallest absolute Gasteiger partial charge is 0.424 e. The molecule has 0 saturated carbocycles. The van der Waals surface area contributed by atoms with Crippen molar-refractivity contribution in [2.24, 2.45) is 0 Å². The highest BCUT2D eigenvalue weighted by atomic mass is 32.2. The third kappa shape index (κ3) is 2.68. The van der Waals surface area contributed by atoms with E-state index in [0.29, 0.717) is 0 Å². The number of ether oxygens (including phenoxy) is 1. The van der Waals surface area contributed by atoms with Gasteiger partial charge < -0.3 is 4.74 Å². The summed E-state index contributed by atoms with van der Waals surface area (Å²) in [5, 5.41) is 0. The molecule has 1 aliphatic rings. The molecule has 0 spiro atoms. The van der Waals surface area contributed by atoms with Crippen molar-refractivity contribution in [3.63, 3.8) is 0 Å². The minimum Gasteiger partial charge on any atom is -0.443 e. The van der Waals surface area contributed by atoms with Gasteiger partial charge in [0.25, 0.3) is 11.3 Å². The van der Waals surface area contributed by atoms with Crippen LogP contribution in [0, 0.1) is 0 Å². The van der Waals surface area contributed by atoms with E-state index < -0.39 is 23.0 Å². The number of carbonyl (C=O) groups excluding carboxylic acids is 1. The third-order valence-corrected chi connectivity index (χ3v) is 2.71. The second kappa shape index (κ2) is 3.86. The van der Waals surface area contributed by atoms with Crippen LogP contribution in [0.2, 0.25) is 0 Å². The van der Waals surface area contributed by atoms with Gasteiger partial charge in [0.15, 0.2) is 0 Å². The minimum absolute atomic E-state index is 0.203. The van der Waals surface area contributed by atoms with E-state index >= 15 is 0 Å². The Morgan fingerprint density at radius 1 is 1.57 bits per heavy atom. The van der Waals surface area contributed by atoms with Gasteiger partial charge in [-0.3, -0.25) is 4.18 Å². The van der Waals surface area contributed by atoms with E-state index in [1.807, 2.05) is 0 Å². The second-order valence-electron chi connectivity index (χ2n) is 4.16. The molecule has 1 rings (SSSR count). The van der Waals surface area contributed by atoms with Crippen molar-refractivity contribution in [3.05, 3.63) is 0 Å². The molecule has 1 unspecified atom stereocenters. The Kier molecular flexibility index (Phi) is 3.16. The van der Waals surface area contributed by atoms with E-state index in [4.69, 9.17) is 8.92 Å². The summed E-state index contributed by atoms with van der Waals surface area (Å²) in [4.78, 5) is 11.5. The first-order valence-corrected chi connectivity index (χ1v) is 5.42. The first-order chi connectivity index (χ1) is 6.31. The summed E-state index contributed by atoms with van der Waals surface area (Å²) in [5.41, 5.74) is -0.580. The quantitative estimate of drug-likeness (QED) is 0.617. The van der Waals surface area contributed by atoms with E-state index in [1.165, 1.54) is 0 Å². The number of hydrogen-bond donors (Lipinski definition) is 0. The lowest BCUT2D eigenvalue weighted by Gasteiger charge is -2.24. The lowest BCUT2D eigenvalue weighted by molar-refractivity contribution is 0.0372. The average molecular weight is 221 g/mol. The summed E-state index contributed by atoms with van der Waals surface area (Å²) < 4.78 is 22.2. The maximum absolute atomic E-state index is 11.5. The molecule has 1 heterocycles. The molecule has 0 N–H and O–H groups in total. The fourth-order valence-corrected chi connectivity index (χ4v) is 1.92. The van der Waals surface area contributed by atoms with Crippen LogP contribution < -0.4 is 0 Å². The fraction of sp³-hybridized carbons (Fsp3) is 0.875. The lowest BCUT2D eigenvalue weighted by Crippen LogP contribution is -2.39. The van der Waals surface area contributed by atoms with Crippen molar-refractivity contribution >= 4 is 17.4 Å². The van der Waals surface area contributed by atoms with Gasteiger partial charge in [0, 0.05) is 0 Å². The summed E-state index contributed by atoms with van der Waals surface area (Å²) in [7, 11) is 0. The maximum Gasteiger partial charge on any atom is 0.424 e. The zero-order valence-corrected chi connectivity index (χ0v) is 9.59. The van der Waals surface area contributed by atoms with Crippen LogP contribution in [0.5, 0.6) is 0 Å². The largest absolute Gasteiger partial charge is 0.443 e. The molecular weight excluding hydrogens is 206 g/mol. The van der Waals surface area contributed by atoms with Crippen molar-refractivity contribution in [3.8, 4) is 0 Å². The van der Waals surface area contributed by atoms with Crippen molar-refractivity contribution < 1.29 is 17.9 Å². The molecule has 5 nitrogen and oxygen atoms in total. The van der Waals surface area contributed by atoms with Crippen LogP contribution in [0.3, 0.4) is 0 Å². The number of hydrogen-bond acceptors (Lipinski definition) is 4. The molecule has 0 aromatic carbocycles. The highest BCUT2D eigenvalue weighted by Gasteiger charge is 2.36. The average Bonchev–Trinajstić information content (AvgIpc) is 2.27. The van der Waals surface area contributed by atoms with E-state index in [9.17, 15) is 9.00 Å². The predicted molar refractivity (Wildman–Crippen MR) is 51.6 cm³/mol. The highest BCUT2D eigenvalue weighted by molar-refractivity contribution is 7.78. The number of rotatable bonds is 0. The summed E-state index contributed by atoms with van der Waals surface area (Å²) in [5.74, 6) is 0. The molecule has 14 heavy (non-hydrogen) atoms. The van der Waals surface area contributed by atoms with Crippen molar-refractivity contribution in [2.75, 3.05) is 6.61 Å². The molecule has 0 radical (unpaired) electrons. The number of amides is 1. The van der Waals surface area contributed by atoms with Crippen LogP contribution in [-0.4, -0.2) is 32.9 Å². The Balaban J connectivity index is 2.65. The Labute approximate surface area is 86.2 Å².